The van der Waals surface area contributed by atoms with Gasteiger partial charge >= 0.3 is 0 Å². The molecule has 1 aromatic heterocycles. The molecule has 0 amide bonds. The van der Waals surface area contributed by atoms with Crippen LogP contribution in [0.3, 0.4) is 0 Å². The molecule has 0 atom stereocenters. The third-order valence-electron chi connectivity index (χ3n) is 4.35. The van der Waals surface area contributed by atoms with E-state index in [1.54, 1.807) is 0 Å². The van der Waals surface area contributed by atoms with Crippen molar-refractivity contribution in [1.82, 2.24) is 10.3 Å². The van der Waals surface area contributed by atoms with Crippen LogP contribution in [0.15, 0.2) is 18.5 Å². The zero-order chi connectivity index (χ0) is 15.3. The van der Waals surface area contributed by atoms with Gasteiger partial charge in [-0.3, -0.25) is 4.98 Å². The second kappa shape index (κ2) is 7.26. The zero-order valence-electron chi connectivity index (χ0n) is 14.2. The SMILES string of the molecule is CCN(c1ccncc1CNC(C)(C)C)C1CCCCC1. The van der Waals surface area contributed by atoms with E-state index >= 15 is 0 Å². The van der Waals surface area contributed by atoms with Gasteiger partial charge in [-0.2, -0.15) is 0 Å². The predicted octanol–water partition coefficient (Wildman–Crippen LogP) is 4.13. The minimum Gasteiger partial charge on any atom is -0.368 e. The first-order chi connectivity index (χ1) is 10.0. The molecule has 2 rings (SSSR count). The van der Waals surface area contributed by atoms with Crippen molar-refractivity contribution >= 4 is 5.69 Å². The van der Waals surface area contributed by atoms with Crippen LogP contribution in [0.4, 0.5) is 5.69 Å². The maximum absolute atomic E-state index is 4.34. The Bertz CT molecular complexity index is 430. The van der Waals surface area contributed by atoms with E-state index in [0.29, 0.717) is 6.04 Å². The molecule has 1 aliphatic carbocycles. The van der Waals surface area contributed by atoms with Gasteiger partial charge in [0.25, 0.3) is 0 Å². The third kappa shape index (κ3) is 4.70. The van der Waals surface area contributed by atoms with E-state index in [1.165, 1.54) is 43.4 Å². The molecule has 0 bridgehead atoms. The molecule has 0 saturated heterocycles. The molecule has 3 nitrogen and oxygen atoms in total. The summed E-state index contributed by atoms with van der Waals surface area (Å²) in [5.41, 5.74) is 2.82. The Morgan fingerprint density at radius 2 is 1.95 bits per heavy atom. The van der Waals surface area contributed by atoms with E-state index in [-0.39, 0.29) is 5.54 Å². The van der Waals surface area contributed by atoms with Gasteiger partial charge in [0.2, 0.25) is 0 Å². The van der Waals surface area contributed by atoms with Crippen LogP contribution in [0.5, 0.6) is 0 Å². The largest absolute Gasteiger partial charge is 0.368 e. The highest BCUT2D eigenvalue weighted by Crippen LogP contribution is 2.29. The number of aromatic nitrogens is 1. The fraction of sp³-hybridized carbons (Fsp3) is 0.722. The van der Waals surface area contributed by atoms with Crippen molar-refractivity contribution in [2.24, 2.45) is 0 Å². The summed E-state index contributed by atoms with van der Waals surface area (Å²) in [7, 11) is 0. The summed E-state index contributed by atoms with van der Waals surface area (Å²) in [6, 6.07) is 2.90. The topological polar surface area (TPSA) is 28.2 Å². The molecule has 3 heteroatoms. The smallest absolute Gasteiger partial charge is 0.0445 e. The predicted molar refractivity (Wildman–Crippen MR) is 90.7 cm³/mol. The molecule has 1 N–H and O–H groups in total. The van der Waals surface area contributed by atoms with Gasteiger partial charge in [0, 0.05) is 48.3 Å². The number of anilines is 1. The van der Waals surface area contributed by atoms with Gasteiger partial charge in [-0.15, -0.1) is 0 Å². The minimum absolute atomic E-state index is 0.134. The van der Waals surface area contributed by atoms with E-state index in [0.717, 1.165) is 13.1 Å². The lowest BCUT2D eigenvalue weighted by Crippen LogP contribution is -2.39. The molecule has 1 aliphatic rings. The molecule has 0 aromatic carbocycles. The Hall–Kier alpha value is -1.09. The average Bonchev–Trinajstić information content (AvgIpc) is 2.47. The molecular formula is C18H31N3. The van der Waals surface area contributed by atoms with Crippen molar-refractivity contribution in [3.05, 3.63) is 24.0 Å². The fourth-order valence-corrected chi connectivity index (χ4v) is 3.21. The number of nitrogens with zero attached hydrogens (tertiary/aromatic N) is 2. The zero-order valence-corrected chi connectivity index (χ0v) is 14.2. The maximum atomic E-state index is 4.34. The van der Waals surface area contributed by atoms with E-state index < -0.39 is 0 Å². The van der Waals surface area contributed by atoms with Gasteiger partial charge in [-0.25, -0.2) is 0 Å². The van der Waals surface area contributed by atoms with Crippen LogP contribution in [0.25, 0.3) is 0 Å². The van der Waals surface area contributed by atoms with Crippen molar-refractivity contribution in [2.75, 3.05) is 11.4 Å². The first-order valence-corrected chi connectivity index (χ1v) is 8.46. The first-order valence-electron chi connectivity index (χ1n) is 8.46. The molecule has 1 saturated carbocycles. The summed E-state index contributed by atoms with van der Waals surface area (Å²) in [5.74, 6) is 0. The van der Waals surface area contributed by atoms with Crippen LogP contribution in [-0.4, -0.2) is 23.1 Å². The lowest BCUT2D eigenvalue weighted by molar-refractivity contribution is 0.412. The van der Waals surface area contributed by atoms with Gasteiger partial charge < -0.3 is 10.2 Å². The third-order valence-corrected chi connectivity index (χ3v) is 4.35. The second-order valence-corrected chi connectivity index (χ2v) is 7.19. The highest BCUT2D eigenvalue weighted by atomic mass is 15.2. The number of nitrogens with one attached hydrogen (secondary N) is 1. The highest BCUT2D eigenvalue weighted by Gasteiger charge is 2.22. The molecule has 0 aliphatic heterocycles. The van der Waals surface area contributed by atoms with Crippen molar-refractivity contribution in [1.29, 1.82) is 0 Å². The van der Waals surface area contributed by atoms with Crippen molar-refractivity contribution in [3.8, 4) is 0 Å². The molecule has 0 radical (unpaired) electrons. The van der Waals surface area contributed by atoms with Crippen molar-refractivity contribution < 1.29 is 0 Å². The Labute approximate surface area is 130 Å². The van der Waals surface area contributed by atoms with Crippen LogP contribution in [0, 0.1) is 0 Å². The second-order valence-electron chi connectivity index (χ2n) is 7.19. The summed E-state index contributed by atoms with van der Waals surface area (Å²) in [5, 5.41) is 3.59. The summed E-state index contributed by atoms with van der Waals surface area (Å²) in [4.78, 5) is 6.94. The summed E-state index contributed by atoms with van der Waals surface area (Å²) < 4.78 is 0. The van der Waals surface area contributed by atoms with Crippen LogP contribution in [0.1, 0.15) is 65.4 Å². The van der Waals surface area contributed by atoms with Crippen molar-refractivity contribution in [2.45, 2.75) is 77.9 Å². The lowest BCUT2D eigenvalue weighted by Gasteiger charge is -2.36. The van der Waals surface area contributed by atoms with Crippen LogP contribution >= 0.6 is 0 Å². The monoisotopic (exact) mass is 289 g/mol. The standard InChI is InChI=1S/C18H31N3/c1-5-21(16-9-7-6-8-10-16)17-11-12-19-13-15(17)14-20-18(2,3)4/h11-13,16,20H,5-10,14H2,1-4H3. The Kier molecular flexibility index (Phi) is 5.63. The number of hydrogen-bond acceptors (Lipinski definition) is 3. The number of pyridine rings is 1. The molecule has 1 fully saturated rings. The number of rotatable bonds is 5. The van der Waals surface area contributed by atoms with Crippen molar-refractivity contribution in [3.63, 3.8) is 0 Å². The van der Waals surface area contributed by atoms with Crippen LogP contribution in [0.2, 0.25) is 0 Å². The quantitative estimate of drug-likeness (QED) is 0.883. The van der Waals surface area contributed by atoms with E-state index in [4.69, 9.17) is 0 Å². The summed E-state index contributed by atoms with van der Waals surface area (Å²) in [6.07, 6.45) is 10.8. The Morgan fingerprint density at radius 3 is 2.57 bits per heavy atom. The fourth-order valence-electron chi connectivity index (χ4n) is 3.21. The lowest BCUT2D eigenvalue weighted by atomic mass is 9.93. The van der Waals surface area contributed by atoms with Gasteiger partial charge in [0.05, 0.1) is 0 Å². The molecule has 0 unspecified atom stereocenters. The molecule has 1 aromatic rings. The van der Waals surface area contributed by atoms with Gasteiger partial charge in [-0.05, 0) is 46.6 Å². The first kappa shape index (κ1) is 16.3. The molecular weight excluding hydrogens is 258 g/mol. The molecule has 0 spiro atoms. The highest BCUT2D eigenvalue weighted by molar-refractivity contribution is 5.53. The summed E-state index contributed by atoms with van der Waals surface area (Å²) >= 11 is 0. The van der Waals surface area contributed by atoms with E-state index in [2.05, 4.69) is 49.0 Å². The van der Waals surface area contributed by atoms with E-state index in [1.807, 2.05) is 12.4 Å². The summed E-state index contributed by atoms with van der Waals surface area (Å²) in [6.45, 7) is 10.9. The van der Waals surface area contributed by atoms with Gasteiger partial charge in [0.1, 0.15) is 0 Å². The molecule has 1 heterocycles. The molecule has 118 valence electrons. The van der Waals surface area contributed by atoms with Crippen LogP contribution < -0.4 is 10.2 Å². The van der Waals surface area contributed by atoms with Gasteiger partial charge in [-0.1, -0.05) is 19.3 Å². The van der Waals surface area contributed by atoms with Crippen LogP contribution in [-0.2, 0) is 6.54 Å². The number of hydrogen-bond donors (Lipinski definition) is 1. The Balaban J connectivity index is 2.16. The van der Waals surface area contributed by atoms with Gasteiger partial charge in [0.15, 0.2) is 0 Å². The maximum Gasteiger partial charge on any atom is 0.0445 e. The average molecular weight is 289 g/mol. The minimum atomic E-state index is 0.134. The Morgan fingerprint density at radius 1 is 1.24 bits per heavy atom. The normalized spacial score (nSPS) is 17.0. The van der Waals surface area contributed by atoms with E-state index in [9.17, 15) is 0 Å². The molecule has 21 heavy (non-hydrogen) atoms.